The highest BCUT2D eigenvalue weighted by molar-refractivity contribution is 7.98. The summed E-state index contributed by atoms with van der Waals surface area (Å²) in [6.45, 7) is 1.02. The molecule has 0 unspecified atom stereocenters. The molecule has 2 aromatic carbocycles. The van der Waals surface area contributed by atoms with Crippen molar-refractivity contribution in [2.24, 2.45) is 5.92 Å². The summed E-state index contributed by atoms with van der Waals surface area (Å²) in [7, 11) is 1.59. The Morgan fingerprint density at radius 3 is 2.43 bits per heavy atom. The molecule has 3 rings (SSSR count). The lowest BCUT2D eigenvalue weighted by molar-refractivity contribution is -0.154. The Bertz CT molecular complexity index is 1030. The smallest absolute Gasteiger partial charge is 0.329 e. The minimum atomic E-state index is -0.815. The highest BCUT2D eigenvalue weighted by Crippen LogP contribution is 2.22. The van der Waals surface area contributed by atoms with Gasteiger partial charge in [-0.1, -0.05) is 42.5 Å². The van der Waals surface area contributed by atoms with Crippen molar-refractivity contribution < 1.29 is 23.9 Å². The molecule has 1 fully saturated rings. The van der Waals surface area contributed by atoms with Gasteiger partial charge in [0.2, 0.25) is 5.91 Å². The standard InChI is InChI=1S/C29H36N2O5S/c1-35-25-11-8-22(9-12-25)10-13-27(32)30-26(16-19-37-2)29(34)36-21-28(33)31-17-14-24(15-18-31)20-23-6-4-3-5-7-23/h3-13,24,26H,14-21H2,1-2H3,(H,30,32)/b13-10+/t26-/m1/s1. The molecule has 1 atom stereocenters. The van der Waals surface area contributed by atoms with Gasteiger partial charge in [0.05, 0.1) is 7.11 Å². The quantitative estimate of drug-likeness (QED) is 0.334. The summed E-state index contributed by atoms with van der Waals surface area (Å²) in [4.78, 5) is 39.6. The molecule has 0 aromatic heterocycles. The van der Waals surface area contributed by atoms with E-state index in [2.05, 4.69) is 29.6 Å². The van der Waals surface area contributed by atoms with Crippen molar-refractivity contribution in [2.45, 2.75) is 31.7 Å². The number of carbonyl (C=O) groups is 3. The highest BCUT2D eigenvalue weighted by atomic mass is 32.2. The van der Waals surface area contributed by atoms with Gasteiger partial charge in [-0.25, -0.2) is 4.79 Å². The van der Waals surface area contributed by atoms with Gasteiger partial charge in [0.25, 0.3) is 5.91 Å². The number of thioether (sulfide) groups is 1. The third-order valence-corrected chi connectivity index (χ3v) is 7.07. The number of esters is 1. The van der Waals surface area contributed by atoms with E-state index in [1.54, 1.807) is 42.0 Å². The first-order chi connectivity index (χ1) is 18.0. The minimum absolute atomic E-state index is 0.194. The molecule has 0 saturated carbocycles. The predicted molar refractivity (Wildman–Crippen MR) is 147 cm³/mol. The molecule has 2 amide bonds. The van der Waals surface area contributed by atoms with E-state index in [0.717, 1.165) is 30.6 Å². The van der Waals surface area contributed by atoms with Crippen molar-refractivity contribution in [2.75, 3.05) is 38.8 Å². The topological polar surface area (TPSA) is 84.9 Å². The van der Waals surface area contributed by atoms with Gasteiger partial charge in [0, 0.05) is 19.2 Å². The van der Waals surface area contributed by atoms with E-state index < -0.39 is 17.9 Å². The summed E-state index contributed by atoms with van der Waals surface area (Å²) in [5.74, 6) is 0.767. The van der Waals surface area contributed by atoms with Crippen LogP contribution in [0.15, 0.2) is 60.7 Å². The molecule has 8 heteroatoms. The molecule has 2 aromatic rings. The van der Waals surface area contributed by atoms with Gasteiger partial charge in [-0.3, -0.25) is 9.59 Å². The summed E-state index contributed by atoms with van der Waals surface area (Å²) in [6, 6.07) is 16.8. The van der Waals surface area contributed by atoms with Crippen LogP contribution in [0.2, 0.25) is 0 Å². The van der Waals surface area contributed by atoms with Crippen molar-refractivity contribution in [3.05, 3.63) is 71.8 Å². The summed E-state index contributed by atoms with van der Waals surface area (Å²) in [6.07, 6.45) is 8.27. The van der Waals surface area contributed by atoms with Crippen LogP contribution in [0.3, 0.4) is 0 Å². The Morgan fingerprint density at radius 1 is 1.08 bits per heavy atom. The van der Waals surface area contributed by atoms with Gasteiger partial charge in [0.1, 0.15) is 11.8 Å². The van der Waals surface area contributed by atoms with Crippen LogP contribution in [0.5, 0.6) is 5.75 Å². The average Bonchev–Trinajstić information content (AvgIpc) is 2.93. The largest absolute Gasteiger partial charge is 0.497 e. The number of hydrogen-bond donors (Lipinski definition) is 1. The van der Waals surface area contributed by atoms with Crippen molar-refractivity contribution in [3.8, 4) is 5.75 Å². The second-order valence-corrected chi connectivity index (χ2v) is 10.1. The molecule has 0 spiro atoms. The first kappa shape index (κ1) is 28.3. The van der Waals surface area contributed by atoms with Crippen molar-refractivity contribution in [3.63, 3.8) is 0 Å². The molecule has 0 aliphatic carbocycles. The first-order valence-electron chi connectivity index (χ1n) is 12.6. The van der Waals surface area contributed by atoms with Crippen molar-refractivity contribution in [1.29, 1.82) is 0 Å². The van der Waals surface area contributed by atoms with E-state index in [-0.39, 0.29) is 12.5 Å². The molecule has 37 heavy (non-hydrogen) atoms. The van der Waals surface area contributed by atoms with Crippen LogP contribution >= 0.6 is 11.8 Å². The zero-order valence-corrected chi connectivity index (χ0v) is 22.4. The van der Waals surface area contributed by atoms with Crippen LogP contribution < -0.4 is 10.1 Å². The second kappa shape index (κ2) is 15.1. The Balaban J connectivity index is 1.44. The second-order valence-electron chi connectivity index (χ2n) is 9.07. The lowest BCUT2D eigenvalue weighted by Gasteiger charge is -2.32. The van der Waals surface area contributed by atoms with Gasteiger partial charge < -0.3 is 19.7 Å². The van der Waals surface area contributed by atoms with Gasteiger partial charge >= 0.3 is 5.97 Å². The molecule has 1 heterocycles. The van der Waals surface area contributed by atoms with Gasteiger partial charge in [-0.15, -0.1) is 0 Å². The Morgan fingerprint density at radius 2 is 1.78 bits per heavy atom. The first-order valence-corrected chi connectivity index (χ1v) is 14.0. The zero-order valence-electron chi connectivity index (χ0n) is 21.6. The van der Waals surface area contributed by atoms with E-state index in [1.165, 1.54) is 11.6 Å². The molecular weight excluding hydrogens is 488 g/mol. The summed E-state index contributed by atoms with van der Waals surface area (Å²) >= 11 is 1.57. The lowest BCUT2D eigenvalue weighted by atomic mass is 9.90. The van der Waals surface area contributed by atoms with E-state index >= 15 is 0 Å². The summed E-state index contributed by atoms with van der Waals surface area (Å²) in [5, 5.41) is 2.71. The number of amides is 2. The van der Waals surface area contributed by atoms with Crippen molar-refractivity contribution in [1.82, 2.24) is 10.2 Å². The summed E-state index contributed by atoms with van der Waals surface area (Å²) in [5.41, 5.74) is 2.15. The number of ether oxygens (including phenoxy) is 2. The minimum Gasteiger partial charge on any atom is -0.497 e. The number of nitrogens with zero attached hydrogens (tertiary/aromatic N) is 1. The fourth-order valence-electron chi connectivity index (χ4n) is 4.25. The highest BCUT2D eigenvalue weighted by Gasteiger charge is 2.26. The van der Waals surface area contributed by atoms with Crippen LogP contribution in [0.1, 0.15) is 30.4 Å². The fourth-order valence-corrected chi connectivity index (χ4v) is 4.72. The van der Waals surface area contributed by atoms with E-state index in [1.807, 2.05) is 24.5 Å². The van der Waals surface area contributed by atoms with E-state index in [0.29, 0.717) is 31.2 Å². The third-order valence-electron chi connectivity index (χ3n) is 6.43. The predicted octanol–water partition coefficient (Wildman–Crippen LogP) is 3.97. The SMILES string of the molecule is COc1ccc(/C=C/C(=O)N[C@H](CCSC)C(=O)OCC(=O)N2CCC(Cc3ccccc3)CC2)cc1. The molecule has 0 bridgehead atoms. The Labute approximate surface area is 223 Å². The third kappa shape index (κ3) is 9.61. The number of carbonyl (C=O) groups excluding carboxylic acids is 3. The van der Waals surface area contributed by atoms with E-state index in [4.69, 9.17) is 9.47 Å². The van der Waals surface area contributed by atoms with Crippen LogP contribution in [0, 0.1) is 5.92 Å². The molecule has 7 nitrogen and oxygen atoms in total. The molecular formula is C29H36N2O5S. The number of benzene rings is 2. The number of likely N-dealkylation sites (tertiary alicyclic amines) is 1. The number of rotatable bonds is 12. The lowest BCUT2D eigenvalue weighted by Crippen LogP contribution is -2.44. The molecule has 1 aliphatic heterocycles. The Hall–Kier alpha value is -3.26. The fraction of sp³-hybridized carbons (Fsp3) is 0.414. The van der Waals surface area contributed by atoms with Crippen LogP contribution in [-0.4, -0.2) is 67.5 Å². The monoisotopic (exact) mass is 524 g/mol. The van der Waals surface area contributed by atoms with E-state index in [9.17, 15) is 14.4 Å². The normalized spacial score (nSPS) is 14.8. The number of hydrogen-bond acceptors (Lipinski definition) is 6. The zero-order chi connectivity index (χ0) is 26.5. The van der Waals surface area contributed by atoms with Gasteiger partial charge in [-0.05, 0) is 72.9 Å². The molecule has 1 aliphatic rings. The van der Waals surface area contributed by atoms with Crippen LogP contribution in [0.4, 0.5) is 0 Å². The Kier molecular flexibility index (Phi) is 11.6. The van der Waals surface area contributed by atoms with Gasteiger partial charge in [0.15, 0.2) is 6.61 Å². The van der Waals surface area contributed by atoms with Crippen LogP contribution in [0.25, 0.3) is 6.08 Å². The maximum absolute atomic E-state index is 12.7. The average molecular weight is 525 g/mol. The molecule has 1 saturated heterocycles. The number of nitrogens with one attached hydrogen (secondary N) is 1. The van der Waals surface area contributed by atoms with Crippen molar-refractivity contribution >= 4 is 35.6 Å². The molecule has 1 N–H and O–H groups in total. The maximum atomic E-state index is 12.7. The van der Waals surface area contributed by atoms with Gasteiger partial charge in [-0.2, -0.15) is 11.8 Å². The maximum Gasteiger partial charge on any atom is 0.329 e. The number of methoxy groups -OCH3 is 1. The molecule has 0 radical (unpaired) electrons. The number of piperidine rings is 1. The summed E-state index contributed by atoms with van der Waals surface area (Å²) < 4.78 is 10.5. The van der Waals surface area contributed by atoms with Crippen LogP contribution in [-0.2, 0) is 25.5 Å². The molecule has 198 valence electrons.